The topological polar surface area (TPSA) is 85.8 Å². The molecule has 1 amide bonds. The maximum Gasteiger partial charge on any atom is 0.251 e. The number of aliphatic imine (C=N–C) groups is 1. The second kappa shape index (κ2) is 12.1. The van der Waals surface area contributed by atoms with Gasteiger partial charge in [0.2, 0.25) is 0 Å². The first-order chi connectivity index (χ1) is 11.7. The summed E-state index contributed by atoms with van der Waals surface area (Å²) in [7, 11) is 0. The lowest BCUT2D eigenvalue weighted by molar-refractivity contribution is 0.0955. The van der Waals surface area contributed by atoms with Crippen molar-refractivity contribution in [2.24, 2.45) is 4.99 Å². The molecule has 25 heavy (non-hydrogen) atoms. The highest BCUT2D eigenvalue weighted by atomic mass is 127. The van der Waals surface area contributed by atoms with Gasteiger partial charge >= 0.3 is 0 Å². The molecule has 0 radical (unpaired) electrons. The minimum absolute atomic E-state index is 0. The Morgan fingerprint density at radius 1 is 1.16 bits per heavy atom. The molecule has 0 bridgehead atoms. The van der Waals surface area contributed by atoms with E-state index in [9.17, 15) is 9.90 Å². The number of carbonyl (C=O) groups is 1. The Morgan fingerprint density at radius 3 is 2.48 bits per heavy atom. The first kappa shape index (κ1) is 21.7. The van der Waals surface area contributed by atoms with Crippen LogP contribution in [0.15, 0.2) is 35.3 Å². The van der Waals surface area contributed by atoms with Gasteiger partial charge in [-0.1, -0.05) is 18.2 Å². The lowest BCUT2D eigenvalue weighted by Crippen LogP contribution is -2.45. The molecule has 0 unspecified atom stereocenters. The Labute approximate surface area is 166 Å². The van der Waals surface area contributed by atoms with Crippen LogP contribution >= 0.6 is 24.0 Å². The smallest absolute Gasteiger partial charge is 0.251 e. The summed E-state index contributed by atoms with van der Waals surface area (Å²) in [5.74, 6) is 0.692. The molecule has 1 aliphatic carbocycles. The number of hydrogen-bond acceptors (Lipinski definition) is 3. The fourth-order valence-corrected chi connectivity index (χ4v) is 2.76. The first-order valence-electron chi connectivity index (χ1n) is 8.75. The van der Waals surface area contributed by atoms with Gasteiger partial charge in [-0.15, -0.1) is 24.0 Å². The maximum absolute atomic E-state index is 11.9. The van der Waals surface area contributed by atoms with Crippen LogP contribution in [0.5, 0.6) is 0 Å². The quantitative estimate of drug-likeness (QED) is 0.226. The van der Waals surface area contributed by atoms with Crippen LogP contribution in [0, 0.1) is 0 Å². The number of hydrogen-bond donors (Lipinski definition) is 4. The van der Waals surface area contributed by atoms with Gasteiger partial charge in [-0.25, -0.2) is 0 Å². The van der Waals surface area contributed by atoms with Gasteiger partial charge in [0, 0.05) is 24.7 Å². The van der Waals surface area contributed by atoms with E-state index < -0.39 is 0 Å². The Bertz CT molecular complexity index is 531. The van der Waals surface area contributed by atoms with E-state index in [-0.39, 0.29) is 36.0 Å². The third kappa shape index (κ3) is 8.04. The summed E-state index contributed by atoms with van der Waals surface area (Å²) in [5.41, 5.74) is 0.660. The van der Waals surface area contributed by atoms with Crippen LogP contribution < -0.4 is 16.0 Å². The van der Waals surface area contributed by atoms with Crippen molar-refractivity contribution in [1.82, 2.24) is 16.0 Å². The number of guanidine groups is 1. The number of nitrogens with zero attached hydrogens (tertiary/aromatic N) is 1. The number of amides is 1. The number of carbonyl (C=O) groups excluding carboxylic acids is 1. The van der Waals surface area contributed by atoms with Gasteiger partial charge in [0.15, 0.2) is 5.96 Å². The van der Waals surface area contributed by atoms with Crippen LogP contribution in [-0.4, -0.2) is 48.8 Å². The van der Waals surface area contributed by atoms with Crippen LogP contribution in [0.2, 0.25) is 0 Å². The molecule has 0 aromatic heterocycles. The van der Waals surface area contributed by atoms with Crippen molar-refractivity contribution >= 4 is 35.8 Å². The highest BCUT2D eigenvalue weighted by molar-refractivity contribution is 14.0. The summed E-state index contributed by atoms with van der Waals surface area (Å²) in [6, 6.07) is 9.52. The van der Waals surface area contributed by atoms with Gasteiger partial charge in [0.25, 0.3) is 5.91 Å². The summed E-state index contributed by atoms with van der Waals surface area (Å²) in [4.78, 5) is 16.5. The fraction of sp³-hybridized carbons (Fsp3) is 0.556. The molecule has 1 aliphatic rings. The van der Waals surface area contributed by atoms with E-state index in [2.05, 4.69) is 20.9 Å². The zero-order valence-corrected chi connectivity index (χ0v) is 17.0. The SMILES string of the molecule is CCNC(=NCCNC(=O)c1ccccc1)NC1CCC(O)CC1.I. The number of benzene rings is 1. The van der Waals surface area contributed by atoms with Crippen molar-refractivity contribution in [3.63, 3.8) is 0 Å². The van der Waals surface area contributed by atoms with E-state index >= 15 is 0 Å². The molecule has 2 rings (SSSR count). The van der Waals surface area contributed by atoms with Crippen LogP contribution in [0.4, 0.5) is 0 Å². The second-order valence-corrected chi connectivity index (χ2v) is 6.03. The van der Waals surface area contributed by atoms with Crippen molar-refractivity contribution in [1.29, 1.82) is 0 Å². The Kier molecular flexibility index (Phi) is 10.5. The first-order valence-corrected chi connectivity index (χ1v) is 8.75. The molecule has 0 heterocycles. The molecule has 7 heteroatoms. The second-order valence-electron chi connectivity index (χ2n) is 6.03. The summed E-state index contributed by atoms with van der Waals surface area (Å²) < 4.78 is 0. The molecule has 0 spiro atoms. The minimum Gasteiger partial charge on any atom is -0.393 e. The summed E-state index contributed by atoms with van der Waals surface area (Å²) in [6.45, 7) is 3.83. The summed E-state index contributed by atoms with van der Waals surface area (Å²) >= 11 is 0. The average molecular weight is 460 g/mol. The molecule has 1 aromatic carbocycles. The van der Waals surface area contributed by atoms with E-state index in [0.29, 0.717) is 24.7 Å². The molecule has 0 aliphatic heterocycles. The molecule has 1 saturated carbocycles. The minimum atomic E-state index is -0.157. The van der Waals surface area contributed by atoms with Gasteiger partial charge in [-0.05, 0) is 44.7 Å². The van der Waals surface area contributed by atoms with Crippen LogP contribution in [0.25, 0.3) is 0 Å². The highest BCUT2D eigenvalue weighted by Crippen LogP contribution is 2.18. The van der Waals surface area contributed by atoms with Gasteiger partial charge in [0.1, 0.15) is 0 Å². The zero-order chi connectivity index (χ0) is 17.2. The predicted molar refractivity (Wildman–Crippen MR) is 112 cm³/mol. The third-order valence-electron chi connectivity index (χ3n) is 4.09. The average Bonchev–Trinajstić information content (AvgIpc) is 2.61. The Hall–Kier alpha value is -1.35. The third-order valence-corrected chi connectivity index (χ3v) is 4.09. The van der Waals surface area contributed by atoms with E-state index in [1.165, 1.54) is 0 Å². The molecule has 1 aromatic rings. The van der Waals surface area contributed by atoms with Crippen molar-refractivity contribution < 1.29 is 9.90 Å². The van der Waals surface area contributed by atoms with Gasteiger partial charge < -0.3 is 21.1 Å². The predicted octanol–water partition coefficient (Wildman–Crippen LogP) is 1.89. The largest absolute Gasteiger partial charge is 0.393 e. The lowest BCUT2D eigenvalue weighted by Gasteiger charge is -2.27. The van der Waals surface area contributed by atoms with Crippen molar-refractivity contribution in [3.05, 3.63) is 35.9 Å². The monoisotopic (exact) mass is 460 g/mol. The van der Waals surface area contributed by atoms with Crippen LogP contribution in [0.3, 0.4) is 0 Å². The molecule has 140 valence electrons. The van der Waals surface area contributed by atoms with Crippen molar-refractivity contribution in [2.45, 2.75) is 44.8 Å². The van der Waals surface area contributed by atoms with Crippen LogP contribution in [-0.2, 0) is 0 Å². The number of halogens is 1. The van der Waals surface area contributed by atoms with E-state index in [0.717, 1.165) is 38.2 Å². The number of aliphatic hydroxyl groups excluding tert-OH is 1. The van der Waals surface area contributed by atoms with Gasteiger partial charge in [0.05, 0.1) is 12.6 Å². The van der Waals surface area contributed by atoms with E-state index in [4.69, 9.17) is 0 Å². The molecular weight excluding hydrogens is 431 g/mol. The zero-order valence-electron chi connectivity index (χ0n) is 14.7. The molecule has 4 N–H and O–H groups in total. The molecule has 0 atom stereocenters. The lowest BCUT2D eigenvalue weighted by atomic mass is 9.93. The Morgan fingerprint density at radius 2 is 1.84 bits per heavy atom. The van der Waals surface area contributed by atoms with Crippen molar-refractivity contribution in [3.8, 4) is 0 Å². The van der Waals surface area contributed by atoms with Crippen LogP contribution in [0.1, 0.15) is 43.0 Å². The molecule has 1 fully saturated rings. The van der Waals surface area contributed by atoms with E-state index in [1.807, 2.05) is 25.1 Å². The van der Waals surface area contributed by atoms with Crippen molar-refractivity contribution in [2.75, 3.05) is 19.6 Å². The molecular formula is C18H29IN4O2. The molecule has 6 nitrogen and oxygen atoms in total. The normalized spacial score (nSPS) is 20.3. The fourth-order valence-electron chi connectivity index (χ4n) is 2.76. The maximum atomic E-state index is 11.9. The number of nitrogens with one attached hydrogen (secondary N) is 3. The standard InChI is InChI=1S/C18H28N4O2.HI/c1-2-19-18(22-15-8-10-16(23)11-9-15)21-13-12-20-17(24)14-6-4-3-5-7-14;/h3-7,15-16,23H,2,8-13H2,1H3,(H,20,24)(H2,19,21,22);1H. The summed E-state index contributed by atoms with van der Waals surface area (Å²) in [5, 5.41) is 19.1. The molecule has 0 saturated heterocycles. The van der Waals surface area contributed by atoms with Gasteiger partial charge in [-0.2, -0.15) is 0 Å². The Balaban J connectivity index is 0.00000312. The van der Waals surface area contributed by atoms with Gasteiger partial charge in [-0.3, -0.25) is 9.79 Å². The highest BCUT2D eigenvalue weighted by Gasteiger charge is 2.19. The summed E-state index contributed by atoms with van der Waals surface area (Å²) in [6.07, 6.45) is 3.43. The van der Waals surface area contributed by atoms with E-state index in [1.54, 1.807) is 12.1 Å². The number of aliphatic hydroxyl groups is 1. The number of rotatable bonds is 6.